The molecule has 1 aromatic carbocycles. The van der Waals surface area contributed by atoms with Gasteiger partial charge in [0, 0.05) is 35.3 Å². The van der Waals surface area contributed by atoms with Crippen molar-refractivity contribution in [1.29, 1.82) is 0 Å². The lowest BCUT2D eigenvalue weighted by molar-refractivity contribution is -0.134. The van der Waals surface area contributed by atoms with Gasteiger partial charge in [0.2, 0.25) is 0 Å². The SMILES string of the molecule is Cc1ccc(OC[C@H]2CCCNC2)c(Oc2ccc(Cl)cc2Cl)n1.O=C(O)/C=C/C(=O)O. The number of nitrogens with one attached hydrogen (secondary N) is 1. The molecule has 2 aromatic rings. The van der Waals surface area contributed by atoms with Crippen molar-refractivity contribution in [3.8, 4) is 17.4 Å². The standard InChI is InChI=1S/C18H20Cl2N2O2.C4H4O4/c1-12-4-6-17(23-11-13-3-2-8-21-10-13)18(22-12)24-16-7-5-14(19)9-15(16)20;5-3(6)1-2-4(7)8/h4-7,9,13,21H,2-3,8,10-11H2,1H3;1-2H,(H,5,6)(H,7,8)/b;2-1+/t13-;/m0./s1. The molecule has 3 rings (SSSR count). The first-order chi connectivity index (χ1) is 15.2. The molecule has 0 unspecified atom stereocenters. The number of pyridine rings is 1. The number of carboxylic acid groups (broad SMARTS) is 2. The Hall–Kier alpha value is -2.81. The Labute approximate surface area is 195 Å². The molecule has 0 radical (unpaired) electrons. The fraction of sp³-hybridized carbons (Fsp3) is 0.318. The Kier molecular flexibility index (Phi) is 10.3. The average molecular weight is 483 g/mol. The fourth-order valence-corrected chi connectivity index (χ4v) is 3.23. The molecule has 0 saturated carbocycles. The molecule has 0 spiro atoms. The average Bonchev–Trinajstić information content (AvgIpc) is 2.75. The van der Waals surface area contributed by atoms with Gasteiger partial charge < -0.3 is 25.0 Å². The van der Waals surface area contributed by atoms with E-state index in [0.717, 1.165) is 18.8 Å². The predicted molar refractivity (Wildman–Crippen MR) is 121 cm³/mol. The molecule has 0 aliphatic carbocycles. The maximum atomic E-state index is 9.55. The monoisotopic (exact) mass is 482 g/mol. The lowest BCUT2D eigenvalue weighted by Gasteiger charge is -2.23. The third kappa shape index (κ3) is 9.13. The molecule has 3 N–H and O–H groups in total. The number of benzene rings is 1. The molecule has 1 atom stereocenters. The molecule has 2 heterocycles. The van der Waals surface area contributed by atoms with Gasteiger partial charge in [-0.3, -0.25) is 0 Å². The molecule has 10 heteroatoms. The van der Waals surface area contributed by atoms with Crippen LogP contribution < -0.4 is 14.8 Å². The van der Waals surface area contributed by atoms with Gasteiger partial charge in [-0.15, -0.1) is 0 Å². The highest BCUT2D eigenvalue weighted by Crippen LogP contribution is 2.35. The van der Waals surface area contributed by atoms with Crippen LogP contribution in [0.1, 0.15) is 18.5 Å². The van der Waals surface area contributed by atoms with Crippen molar-refractivity contribution < 1.29 is 29.3 Å². The number of carboxylic acids is 2. The van der Waals surface area contributed by atoms with E-state index in [1.807, 2.05) is 19.1 Å². The van der Waals surface area contributed by atoms with E-state index in [-0.39, 0.29) is 0 Å². The Morgan fingerprint density at radius 2 is 1.84 bits per heavy atom. The summed E-state index contributed by atoms with van der Waals surface area (Å²) in [5, 5.41) is 20.0. The normalized spacial score (nSPS) is 15.5. The molecular weight excluding hydrogens is 459 g/mol. The Morgan fingerprint density at radius 3 is 2.44 bits per heavy atom. The molecule has 32 heavy (non-hydrogen) atoms. The third-order valence-corrected chi connectivity index (χ3v) is 4.84. The summed E-state index contributed by atoms with van der Waals surface area (Å²) >= 11 is 12.1. The molecule has 1 aliphatic heterocycles. The smallest absolute Gasteiger partial charge is 0.328 e. The molecule has 172 valence electrons. The van der Waals surface area contributed by atoms with E-state index >= 15 is 0 Å². The van der Waals surface area contributed by atoms with Gasteiger partial charge in [0.25, 0.3) is 5.88 Å². The molecular formula is C22H24Cl2N2O6. The summed E-state index contributed by atoms with van der Waals surface area (Å²) in [6, 6.07) is 8.89. The summed E-state index contributed by atoms with van der Waals surface area (Å²) in [5.41, 5.74) is 0.849. The summed E-state index contributed by atoms with van der Waals surface area (Å²) in [6.45, 7) is 4.62. The van der Waals surface area contributed by atoms with Crippen LogP contribution in [-0.2, 0) is 9.59 Å². The second-order valence-corrected chi connectivity index (χ2v) is 7.81. The number of ether oxygens (including phenoxy) is 2. The second-order valence-electron chi connectivity index (χ2n) is 6.97. The van der Waals surface area contributed by atoms with Gasteiger partial charge in [-0.25, -0.2) is 14.6 Å². The summed E-state index contributed by atoms with van der Waals surface area (Å²) < 4.78 is 11.8. The zero-order valence-corrected chi connectivity index (χ0v) is 18.9. The van der Waals surface area contributed by atoms with Crippen LogP contribution in [-0.4, -0.2) is 46.8 Å². The van der Waals surface area contributed by atoms with E-state index in [9.17, 15) is 9.59 Å². The molecule has 1 fully saturated rings. The van der Waals surface area contributed by atoms with Crippen molar-refractivity contribution >= 4 is 35.1 Å². The minimum absolute atomic E-state index is 0.419. The van der Waals surface area contributed by atoms with E-state index in [4.69, 9.17) is 42.9 Å². The van der Waals surface area contributed by atoms with Crippen LogP contribution in [0.25, 0.3) is 0 Å². The highest BCUT2D eigenvalue weighted by Gasteiger charge is 2.16. The molecule has 1 saturated heterocycles. The number of aliphatic carboxylic acids is 2. The second kappa shape index (κ2) is 12.9. The maximum Gasteiger partial charge on any atom is 0.328 e. The predicted octanol–water partition coefficient (Wildman–Crippen LogP) is 4.58. The van der Waals surface area contributed by atoms with E-state index in [1.54, 1.807) is 18.2 Å². The number of rotatable bonds is 7. The highest BCUT2D eigenvalue weighted by atomic mass is 35.5. The van der Waals surface area contributed by atoms with E-state index < -0.39 is 11.9 Å². The van der Waals surface area contributed by atoms with Gasteiger partial charge in [-0.05, 0) is 56.6 Å². The van der Waals surface area contributed by atoms with Crippen LogP contribution in [0, 0.1) is 12.8 Å². The first-order valence-corrected chi connectivity index (χ1v) is 10.6. The lowest BCUT2D eigenvalue weighted by atomic mass is 10.0. The van der Waals surface area contributed by atoms with Crippen LogP contribution in [0.2, 0.25) is 10.0 Å². The number of aryl methyl sites for hydroxylation is 1. The largest absolute Gasteiger partial charge is 0.488 e. The van der Waals surface area contributed by atoms with Crippen LogP contribution in [0.5, 0.6) is 17.4 Å². The quantitative estimate of drug-likeness (QED) is 0.490. The number of aromatic nitrogens is 1. The summed E-state index contributed by atoms with van der Waals surface area (Å²) in [7, 11) is 0. The first-order valence-electron chi connectivity index (χ1n) is 9.82. The number of carbonyl (C=O) groups is 2. The molecule has 0 bridgehead atoms. The van der Waals surface area contributed by atoms with Crippen molar-refractivity contribution in [2.24, 2.45) is 5.92 Å². The van der Waals surface area contributed by atoms with Gasteiger partial charge >= 0.3 is 11.9 Å². The number of halogens is 2. The van der Waals surface area contributed by atoms with Crippen molar-refractivity contribution in [3.05, 3.63) is 58.2 Å². The Balaban J connectivity index is 0.000000390. The summed E-state index contributed by atoms with van der Waals surface area (Å²) in [5.74, 6) is -0.463. The third-order valence-electron chi connectivity index (χ3n) is 4.31. The van der Waals surface area contributed by atoms with Crippen molar-refractivity contribution in [2.75, 3.05) is 19.7 Å². The van der Waals surface area contributed by atoms with Gasteiger partial charge in [-0.1, -0.05) is 23.2 Å². The summed E-state index contributed by atoms with van der Waals surface area (Å²) in [6.07, 6.45) is 3.47. The molecule has 1 aliphatic rings. The van der Waals surface area contributed by atoms with Crippen molar-refractivity contribution in [3.63, 3.8) is 0 Å². The highest BCUT2D eigenvalue weighted by molar-refractivity contribution is 6.35. The van der Waals surface area contributed by atoms with Crippen molar-refractivity contribution in [1.82, 2.24) is 10.3 Å². The van der Waals surface area contributed by atoms with Gasteiger partial charge in [0.15, 0.2) is 5.75 Å². The molecule has 0 amide bonds. The number of hydrogen-bond donors (Lipinski definition) is 3. The molecule has 8 nitrogen and oxygen atoms in total. The van der Waals surface area contributed by atoms with Crippen LogP contribution in [0.3, 0.4) is 0 Å². The van der Waals surface area contributed by atoms with E-state index in [2.05, 4.69) is 10.3 Å². The van der Waals surface area contributed by atoms with Gasteiger partial charge in [0.1, 0.15) is 5.75 Å². The first kappa shape index (κ1) is 25.5. The minimum Gasteiger partial charge on any atom is -0.488 e. The Bertz CT molecular complexity index is 945. The number of nitrogens with zero attached hydrogens (tertiary/aromatic N) is 1. The zero-order valence-electron chi connectivity index (χ0n) is 17.4. The van der Waals surface area contributed by atoms with Crippen molar-refractivity contribution in [2.45, 2.75) is 19.8 Å². The van der Waals surface area contributed by atoms with Crippen LogP contribution >= 0.6 is 23.2 Å². The number of piperidine rings is 1. The minimum atomic E-state index is -1.26. The Morgan fingerprint density at radius 1 is 1.16 bits per heavy atom. The number of hydrogen-bond acceptors (Lipinski definition) is 6. The van der Waals surface area contributed by atoms with Gasteiger partial charge in [0.05, 0.1) is 11.6 Å². The topological polar surface area (TPSA) is 118 Å². The lowest BCUT2D eigenvalue weighted by Crippen LogP contribution is -2.33. The zero-order chi connectivity index (χ0) is 23.5. The van der Waals surface area contributed by atoms with E-state index in [1.165, 1.54) is 12.8 Å². The van der Waals surface area contributed by atoms with Crippen LogP contribution in [0.4, 0.5) is 0 Å². The van der Waals surface area contributed by atoms with Gasteiger partial charge in [-0.2, -0.15) is 0 Å². The summed E-state index contributed by atoms with van der Waals surface area (Å²) in [4.78, 5) is 23.5. The van der Waals surface area contributed by atoms with E-state index in [0.29, 0.717) is 52.1 Å². The van der Waals surface area contributed by atoms with Crippen LogP contribution in [0.15, 0.2) is 42.5 Å². The maximum absolute atomic E-state index is 9.55. The molecule has 1 aromatic heterocycles. The fourth-order valence-electron chi connectivity index (χ4n) is 2.78.